The summed E-state index contributed by atoms with van der Waals surface area (Å²) in [5, 5.41) is 8.05. The molecule has 4 aromatic rings. The Morgan fingerprint density at radius 1 is 0.733 bits per heavy atom. The van der Waals surface area contributed by atoms with Crippen molar-refractivity contribution >= 4 is 59.3 Å². The van der Waals surface area contributed by atoms with Crippen LogP contribution in [0.1, 0.15) is 127 Å². The van der Waals surface area contributed by atoms with Crippen LogP contribution in [-0.4, -0.2) is 135 Å². The Labute approximate surface area is 439 Å². The number of esters is 2. The largest absolute Gasteiger partial charge is 0.469 e. The van der Waals surface area contributed by atoms with Crippen LogP contribution in [0.2, 0.25) is 0 Å². The lowest BCUT2D eigenvalue weighted by Gasteiger charge is -2.35. The number of aldehydes is 2. The summed E-state index contributed by atoms with van der Waals surface area (Å²) in [6.07, 6.45) is 11.7. The molecular weight excluding hydrogens is 959 g/mol. The molecule has 4 N–H and O–H groups in total. The molecule has 2 saturated heterocycles. The molecule has 5 unspecified atom stereocenters. The Morgan fingerprint density at radius 3 is 1.95 bits per heavy atom. The molecule has 3 aromatic carbocycles. The lowest BCUT2D eigenvalue weighted by atomic mass is 9.81. The van der Waals surface area contributed by atoms with E-state index in [4.69, 9.17) is 4.98 Å². The van der Waals surface area contributed by atoms with E-state index < -0.39 is 42.3 Å². The quantitative estimate of drug-likeness (QED) is 0.0529. The number of imidazole rings is 1. The third kappa shape index (κ3) is 12.7. The van der Waals surface area contributed by atoms with Crippen LogP contribution in [0.25, 0.3) is 33.3 Å². The normalized spacial score (nSPS) is 22.6. The Kier molecular flexibility index (Phi) is 18.7. The van der Waals surface area contributed by atoms with E-state index >= 15 is 0 Å². The maximum absolute atomic E-state index is 13.1. The van der Waals surface area contributed by atoms with Crippen LogP contribution < -0.4 is 16.0 Å². The van der Waals surface area contributed by atoms with Crippen molar-refractivity contribution in [3.8, 4) is 22.3 Å². The van der Waals surface area contributed by atoms with Crippen LogP contribution in [0.5, 0.6) is 0 Å². The molecule has 18 heteroatoms. The maximum atomic E-state index is 13.1. The van der Waals surface area contributed by atoms with Gasteiger partial charge in [0.25, 0.3) is 0 Å². The van der Waals surface area contributed by atoms with Crippen LogP contribution in [0.3, 0.4) is 0 Å². The fourth-order valence-corrected chi connectivity index (χ4v) is 12.1. The number of H-pyrrole nitrogens is 1. The van der Waals surface area contributed by atoms with Gasteiger partial charge >= 0.3 is 24.1 Å². The van der Waals surface area contributed by atoms with Gasteiger partial charge < -0.3 is 54.4 Å². The second-order valence-corrected chi connectivity index (χ2v) is 20.9. The second-order valence-electron chi connectivity index (χ2n) is 20.9. The van der Waals surface area contributed by atoms with Gasteiger partial charge in [0.1, 0.15) is 24.4 Å². The molecule has 75 heavy (non-hydrogen) atoms. The number of likely N-dealkylation sites (tertiary alicyclic amines) is 2. The predicted molar refractivity (Wildman–Crippen MR) is 284 cm³/mol. The fourth-order valence-electron chi connectivity index (χ4n) is 12.1. The molecule has 18 nitrogen and oxygen atoms in total. The predicted octanol–water partition coefficient (Wildman–Crippen LogP) is 8.40. The second kappa shape index (κ2) is 25.1. The summed E-state index contributed by atoms with van der Waals surface area (Å²) < 4.78 is 17.8. The first kappa shape index (κ1) is 55.9. The van der Waals surface area contributed by atoms with Gasteiger partial charge in [-0.25, -0.2) is 14.6 Å². The Balaban J connectivity index is 0.000000183. The first-order valence-corrected chi connectivity index (χ1v) is 26.3. The van der Waals surface area contributed by atoms with Gasteiger partial charge in [0.2, 0.25) is 5.91 Å². The van der Waals surface area contributed by atoms with Crippen LogP contribution in [-0.2, 0) is 48.3 Å². The number of aromatic nitrogens is 2. The maximum Gasteiger partial charge on any atom is 0.407 e. The van der Waals surface area contributed by atoms with E-state index in [1.54, 1.807) is 4.90 Å². The molecule has 404 valence electrons. The van der Waals surface area contributed by atoms with E-state index in [9.17, 15) is 33.6 Å². The standard InChI is InChI=1S/C32H36N4.C17H26N2O6.C8H13NO5/c1-32(2)25-15-19(9-12-23(25)24-13-11-22(33-3)18-26(24)32)20-10-14-27-28(16-20)35-31(34-27)30-17-21-7-5-6-8-29(21)36(30)4;1-24-15(21)8-7-13(18-17(23)25-2)16(22)19-12(10-20)9-11-5-3-4-6-14(11)19;1-13-7(11)4-3-6(5-10)9-8(12)14-2/h9-16,18,21,29-30,33H,5-8,17H2,1-4H3,(H,34,35);10-14H,3-9H2,1-2H3,(H,18,23);5-6H,3-4H2,1-2H3,(H,9,12)/t21-,29-,30?;11?,12-,13?,14?;/m00./s1. The number of hydrogen-bond donors (Lipinski definition) is 4. The number of ether oxygens (including phenoxy) is 4. The van der Waals surface area contributed by atoms with E-state index in [0.717, 1.165) is 60.8 Å². The lowest BCUT2D eigenvalue weighted by molar-refractivity contribution is -0.143. The Bertz CT molecular complexity index is 2700. The zero-order valence-electron chi connectivity index (χ0n) is 44.7. The number of nitrogens with one attached hydrogen (secondary N) is 4. The summed E-state index contributed by atoms with van der Waals surface area (Å²) in [6, 6.07) is 19.5. The van der Waals surface area contributed by atoms with Crippen molar-refractivity contribution in [3.63, 3.8) is 0 Å². The highest BCUT2D eigenvalue weighted by Crippen LogP contribution is 2.51. The number of aromatic amines is 1. The highest BCUT2D eigenvalue weighted by Gasteiger charge is 2.46. The highest BCUT2D eigenvalue weighted by molar-refractivity contribution is 5.89. The van der Waals surface area contributed by atoms with Crippen LogP contribution in [0.4, 0.5) is 15.3 Å². The van der Waals surface area contributed by atoms with Crippen molar-refractivity contribution in [3.05, 3.63) is 71.5 Å². The molecule has 3 heterocycles. The summed E-state index contributed by atoms with van der Waals surface area (Å²) in [5.74, 6) is 1.08. The van der Waals surface area contributed by atoms with Gasteiger partial charge in [-0.3, -0.25) is 19.3 Å². The summed E-state index contributed by atoms with van der Waals surface area (Å²) in [7, 11) is 9.22. The van der Waals surface area contributed by atoms with Crippen LogP contribution >= 0.6 is 0 Å². The molecule has 0 spiro atoms. The van der Waals surface area contributed by atoms with Crippen LogP contribution in [0.15, 0.2) is 54.6 Å². The number of amides is 3. The molecule has 2 saturated carbocycles. The highest BCUT2D eigenvalue weighted by atomic mass is 16.5. The summed E-state index contributed by atoms with van der Waals surface area (Å²) >= 11 is 0. The molecule has 4 fully saturated rings. The minimum Gasteiger partial charge on any atom is -0.469 e. The van der Waals surface area contributed by atoms with Gasteiger partial charge in [-0.2, -0.15) is 0 Å². The number of alkyl carbamates (subject to hydrolysis) is 2. The number of carbonyl (C=O) groups is 7. The van der Waals surface area contributed by atoms with E-state index in [2.05, 4.69) is 120 Å². The number of anilines is 1. The van der Waals surface area contributed by atoms with Crippen molar-refractivity contribution < 1.29 is 52.5 Å². The SMILES string of the molecule is CNc1ccc2c(c1)C(C)(C)c1cc(-c3ccc4nc(C5C[C@@H]6CCCC[C@@H]6N5C)[nH]c4c3)ccc1-2.COC(=O)CCC(C=O)NC(=O)OC.COC(=O)CCC(NC(=O)OC)C(=O)N1C2CCCCC2C[C@H]1C=O. The molecule has 0 bridgehead atoms. The number of carbonyl (C=O) groups excluding carboxylic acids is 7. The van der Waals surface area contributed by atoms with Crippen molar-refractivity contribution in [2.75, 3.05) is 47.9 Å². The number of rotatable bonds is 14. The van der Waals surface area contributed by atoms with Gasteiger partial charge in [-0.05, 0) is 134 Å². The zero-order valence-corrected chi connectivity index (χ0v) is 44.7. The topological polar surface area (TPSA) is 228 Å². The number of benzene rings is 3. The van der Waals surface area contributed by atoms with Crippen molar-refractivity contribution in [1.29, 1.82) is 0 Å². The molecule has 5 aliphatic rings. The molecule has 2 aliphatic heterocycles. The van der Waals surface area contributed by atoms with Gasteiger partial charge in [0.05, 0.1) is 57.6 Å². The summed E-state index contributed by atoms with van der Waals surface area (Å²) in [6.45, 7) is 4.70. The summed E-state index contributed by atoms with van der Waals surface area (Å²) in [5.41, 5.74) is 11.4. The number of methoxy groups -OCH3 is 4. The third-order valence-corrected chi connectivity index (χ3v) is 16.2. The fraction of sp³-hybridized carbons (Fsp3) is 0.544. The number of nitrogens with zero attached hydrogens (tertiary/aromatic N) is 3. The van der Waals surface area contributed by atoms with Crippen LogP contribution in [0, 0.1) is 11.8 Å². The Morgan fingerprint density at radius 2 is 1.32 bits per heavy atom. The number of hydrogen-bond acceptors (Lipinski definition) is 14. The average molecular weight is 1030 g/mol. The van der Waals surface area contributed by atoms with Crippen molar-refractivity contribution in [1.82, 2.24) is 30.4 Å². The zero-order chi connectivity index (χ0) is 54.0. The van der Waals surface area contributed by atoms with E-state index in [1.807, 2.05) is 7.05 Å². The van der Waals surface area contributed by atoms with E-state index in [1.165, 1.54) is 99.6 Å². The molecule has 8 atom stereocenters. The van der Waals surface area contributed by atoms with Gasteiger partial charge in [-0.1, -0.05) is 63.8 Å². The van der Waals surface area contributed by atoms with Gasteiger partial charge in [0.15, 0.2) is 0 Å². The van der Waals surface area contributed by atoms with E-state index in [0.29, 0.717) is 24.7 Å². The molecule has 3 amide bonds. The first-order chi connectivity index (χ1) is 36.1. The van der Waals surface area contributed by atoms with E-state index in [-0.39, 0.29) is 43.0 Å². The lowest BCUT2D eigenvalue weighted by Crippen LogP contribution is -2.53. The third-order valence-electron chi connectivity index (χ3n) is 16.2. The molecule has 3 aliphatic carbocycles. The smallest absolute Gasteiger partial charge is 0.407 e. The molecular formula is C57H75N7O11. The summed E-state index contributed by atoms with van der Waals surface area (Å²) in [4.78, 5) is 92.4. The number of fused-ring (bicyclic) bond motifs is 6. The molecule has 1 aromatic heterocycles. The minimum atomic E-state index is -0.922. The molecule has 0 radical (unpaired) electrons. The van der Waals surface area contributed by atoms with Crippen molar-refractivity contribution in [2.45, 2.75) is 145 Å². The Hall–Kier alpha value is -6.82. The molecule has 9 rings (SSSR count). The van der Waals surface area contributed by atoms with Crippen molar-refractivity contribution in [2.24, 2.45) is 11.8 Å². The monoisotopic (exact) mass is 1030 g/mol. The average Bonchev–Trinajstić information content (AvgIpc) is 4.20. The van der Waals surface area contributed by atoms with Gasteiger partial charge in [-0.15, -0.1) is 0 Å². The van der Waals surface area contributed by atoms with Gasteiger partial charge in [0, 0.05) is 43.1 Å². The minimum absolute atomic E-state index is 0.00933. The first-order valence-electron chi connectivity index (χ1n) is 26.3.